The minimum Gasteiger partial charge on any atom is -0.462 e. The van der Waals surface area contributed by atoms with Crippen LogP contribution >= 0.6 is 0 Å². The molecule has 0 saturated heterocycles. The van der Waals surface area contributed by atoms with Gasteiger partial charge in [0.15, 0.2) is 6.10 Å². The Morgan fingerprint density at radius 3 is 1.02 bits per heavy atom. The molecule has 0 bridgehead atoms. The van der Waals surface area contributed by atoms with Crippen LogP contribution in [0.4, 0.5) is 0 Å². The van der Waals surface area contributed by atoms with Crippen molar-refractivity contribution in [2.45, 2.75) is 219 Å². The third-order valence-corrected chi connectivity index (χ3v) is 10.4. The van der Waals surface area contributed by atoms with Gasteiger partial charge in [-0.25, -0.2) is 0 Å². The molecule has 65 heavy (non-hydrogen) atoms. The highest BCUT2D eigenvalue weighted by Crippen LogP contribution is 2.11. The maximum atomic E-state index is 12.8. The quantitative estimate of drug-likeness (QED) is 0.0262. The van der Waals surface area contributed by atoms with Crippen molar-refractivity contribution in [3.8, 4) is 0 Å². The maximum Gasteiger partial charge on any atom is 0.306 e. The minimum absolute atomic E-state index is 0.125. The Morgan fingerprint density at radius 1 is 0.323 bits per heavy atom. The number of unbranched alkanes of at least 4 members (excludes halogenated alkanes) is 14. The van der Waals surface area contributed by atoms with E-state index in [1.165, 1.54) is 51.4 Å². The molecular formula is C59H94O6. The molecule has 0 aliphatic rings. The second kappa shape index (κ2) is 52.4. The number of esters is 3. The van der Waals surface area contributed by atoms with Crippen molar-refractivity contribution in [1.82, 2.24) is 0 Å². The first-order chi connectivity index (χ1) is 32.0. The summed E-state index contributed by atoms with van der Waals surface area (Å²) in [6.07, 6.45) is 71.8. The topological polar surface area (TPSA) is 78.9 Å². The van der Waals surface area contributed by atoms with Gasteiger partial charge in [-0.15, -0.1) is 0 Å². The summed E-state index contributed by atoms with van der Waals surface area (Å²) in [5, 5.41) is 0. The Kier molecular flexibility index (Phi) is 49.1. The van der Waals surface area contributed by atoms with Crippen LogP contribution in [0, 0.1) is 0 Å². The molecule has 0 aromatic carbocycles. The number of allylic oxidation sites excluding steroid dienone is 20. The molecule has 0 heterocycles. The van der Waals surface area contributed by atoms with Gasteiger partial charge in [0.2, 0.25) is 0 Å². The second-order valence-corrected chi connectivity index (χ2v) is 16.7. The van der Waals surface area contributed by atoms with Crippen molar-refractivity contribution < 1.29 is 28.6 Å². The molecule has 366 valence electrons. The smallest absolute Gasteiger partial charge is 0.306 e. The molecule has 6 heteroatoms. The molecule has 0 aliphatic carbocycles. The molecule has 0 aromatic rings. The number of hydrogen-bond donors (Lipinski definition) is 0. The van der Waals surface area contributed by atoms with E-state index in [1.807, 2.05) is 0 Å². The van der Waals surface area contributed by atoms with Gasteiger partial charge < -0.3 is 14.2 Å². The molecule has 0 spiro atoms. The van der Waals surface area contributed by atoms with E-state index in [0.717, 1.165) is 109 Å². The molecular weight excluding hydrogens is 805 g/mol. The Labute approximate surface area is 399 Å². The van der Waals surface area contributed by atoms with Crippen molar-refractivity contribution in [3.05, 3.63) is 122 Å². The lowest BCUT2D eigenvalue weighted by Gasteiger charge is -2.18. The van der Waals surface area contributed by atoms with Gasteiger partial charge in [-0.2, -0.15) is 0 Å². The molecule has 0 unspecified atom stereocenters. The van der Waals surface area contributed by atoms with E-state index in [1.54, 1.807) is 0 Å². The van der Waals surface area contributed by atoms with Crippen LogP contribution in [-0.2, 0) is 28.6 Å². The van der Waals surface area contributed by atoms with Gasteiger partial charge in [0.25, 0.3) is 0 Å². The molecule has 0 aromatic heterocycles. The van der Waals surface area contributed by atoms with Crippen molar-refractivity contribution in [1.29, 1.82) is 0 Å². The summed E-state index contributed by atoms with van der Waals surface area (Å²) < 4.78 is 16.7. The van der Waals surface area contributed by atoms with Crippen LogP contribution in [0.15, 0.2) is 122 Å². The van der Waals surface area contributed by atoms with Gasteiger partial charge >= 0.3 is 17.9 Å². The molecule has 0 amide bonds. The minimum atomic E-state index is -0.832. The van der Waals surface area contributed by atoms with Gasteiger partial charge in [-0.05, 0) is 128 Å². The summed E-state index contributed by atoms with van der Waals surface area (Å²) in [4.78, 5) is 38.0. The van der Waals surface area contributed by atoms with E-state index >= 15 is 0 Å². The molecule has 0 radical (unpaired) electrons. The molecule has 0 aliphatic heterocycles. The molecule has 0 N–H and O–H groups in total. The predicted octanol–water partition coefficient (Wildman–Crippen LogP) is 17.3. The summed E-state index contributed by atoms with van der Waals surface area (Å²) >= 11 is 0. The Morgan fingerprint density at radius 2 is 0.615 bits per heavy atom. The summed E-state index contributed by atoms with van der Waals surface area (Å²) in [7, 11) is 0. The third kappa shape index (κ3) is 50.7. The van der Waals surface area contributed by atoms with Gasteiger partial charge in [-0.3, -0.25) is 14.4 Å². The van der Waals surface area contributed by atoms with Crippen molar-refractivity contribution >= 4 is 17.9 Å². The number of rotatable bonds is 45. The number of carbonyl (C=O) groups excluding carboxylic acids is 3. The summed E-state index contributed by atoms with van der Waals surface area (Å²) in [5.74, 6) is -1.04. The van der Waals surface area contributed by atoms with E-state index in [-0.39, 0.29) is 37.5 Å². The van der Waals surface area contributed by atoms with Crippen LogP contribution in [0.1, 0.15) is 213 Å². The predicted molar refractivity (Wildman–Crippen MR) is 279 cm³/mol. The third-order valence-electron chi connectivity index (χ3n) is 10.4. The van der Waals surface area contributed by atoms with Gasteiger partial charge in [-0.1, -0.05) is 187 Å². The number of carbonyl (C=O) groups is 3. The van der Waals surface area contributed by atoms with Crippen LogP contribution in [0.5, 0.6) is 0 Å². The van der Waals surface area contributed by atoms with E-state index in [9.17, 15) is 14.4 Å². The zero-order valence-corrected chi connectivity index (χ0v) is 41.7. The fourth-order valence-electron chi connectivity index (χ4n) is 6.51. The highest BCUT2D eigenvalue weighted by Gasteiger charge is 2.19. The zero-order valence-electron chi connectivity index (χ0n) is 41.7. The zero-order chi connectivity index (χ0) is 47.2. The standard InChI is InChI=1S/C59H94O6/c1-4-7-10-13-16-19-22-25-28-29-32-35-38-41-44-47-50-53-59(62)65-56(54-63-57(60)51-48-45-42-39-36-33-30-26-23-20-17-14-11-8-5-2)55-64-58(61)52-49-46-43-40-37-34-31-27-24-21-18-15-12-9-6-3/h8,11,16-21,25-28,30-32,35,37,40-41,44,56H,4-7,9-10,12-15,22-24,29,33-34,36,38-39,42-43,45-55H2,1-3H3/b11-8-,19-16-,20-17-,21-18-,28-25-,30-26-,31-27-,35-32-,40-37-,44-41-/t56-/m1/s1. The maximum absolute atomic E-state index is 12.8. The average Bonchev–Trinajstić information content (AvgIpc) is 3.30. The van der Waals surface area contributed by atoms with Gasteiger partial charge in [0.1, 0.15) is 13.2 Å². The first-order valence-corrected chi connectivity index (χ1v) is 26.0. The average molecular weight is 899 g/mol. The second-order valence-electron chi connectivity index (χ2n) is 16.7. The van der Waals surface area contributed by atoms with Crippen LogP contribution in [0.3, 0.4) is 0 Å². The van der Waals surface area contributed by atoms with Crippen LogP contribution in [0.2, 0.25) is 0 Å². The summed E-state index contributed by atoms with van der Waals surface area (Å²) in [5.41, 5.74) is 0. The lowest BCUT2D eigenvalue weighted by molar-refractivity contribution is -0.167. The van der Waals surface area contributed by atoms with E-state index in [4.69, 9.17) is 14.2 Å². The summed E-state index contributed by atoms with van der Waals surface area (Å²) in [6.45, 7) is 6.35. The normalized spacial score (nSPS) is 13.1. The van der Waals surface area contributed by atoms with Crippen molar-refractivity contribution in [2.24, 2.45) is 0 Å². The molecule has 0 fully saturated rings. The Balaban J connectivity index is 4.60. The van der Waals surface area contributed by atoms with E-state index < -0.39 is 6.10 Å². The summed E-state index contributed by atoms with van der Waals surface area (Å²) in [6, 6.07) is 0. The Bertz CT molecular complexity index is 1400. The largest absolute Gasteiger partial charge is 0.462 e. The Hall–Kier alpha value is -4.19. The van der Waals surface area contributed by atoms with Crippen molar-refractivity contribution in [2.75, 3.05) is 13.2 Å². The van der Waals surface area contributed by atoms with Gasteiger partial charge in [0, 0.05) is 19.3 Å². The fourth-order valence-corrected chi connectivity index (χ4v) is 6.51. The van der Waals surface area contributed by atoms with Crippen LogP contribution in [0.25, 0.3) is 0 Å². The number of hydrogen-bond acceptors (Lipinski definition) is 6. The SMILES string of the molecule is CC/C=C\C/C=C\C/C=C\CCCCCCCC(=O)OC[C@H](COC(=O)CCCC/C=C\C/C=C\C/C=C\CCCCC)OC(=O)CCC/C=C\C/C=C\C/C=C\C/C=C\CCCCC. The van der Waals surface area contributed by atoms with Gasteiger partial charge in [0.05, 0.1) is 0 Å². The van der Waals surface area contributed by atoms with E-state index in [2.05, 4.69) is 142 Å². The van der Waals surface area contributed by atoms with E-state index in [0.29, 0.717) is 25.7 Å². The molecule has 6 nitrogen and oxygen atoms in total. The lowest BCUT2D eigenvalue weighted by Crippen LogP contribution is -2.30. The highest BCUT2D eigenvalue weighted by molar-refractivity contribution is 5.71. The lowest BCUT2D eigenvalue weighted by atomic mass is 10.1. The molecule has 0 rings (SSSR count). The first kappa shape index (κ1) is 60.8. The van der Waals surface area contributed by atoms with Crippen LogP contribution < -0.4 is 0 Å². The first-order valence-electron chi connectivity index (χ1n) is 26.0. The van der Waals surface area contributed by atoms with Crippen molar-refractivity contribution in [3.63, 3.8) is 0 Å². The molecule has 1 atom stereocenters. The fraction of sp³-hybridized carbons (Fsp3) is 0.610. The number of ether oxygens (including phenoxy) is 3. The van der Waals surface area contributed by atoms with Crippen LogP contribution in [-0.4, -0.2) is 37.2 Å². The molecule has 0 saturated carbocycles. The monoisotopic (exact) mass is 899 g/mol. The highest BCUT2D eigenvalue weighted by atomic mass is 16.6.